The summed E-state index contributed by atoms with van der Waals surface area (Å²) in [5.74, 6) is -0.636. The molecular formula is C15H21N3O6. The Hall–Kier alpha value is -2.71. The van der Waals surface area contributed by atoms with E-state index >= 15 is 0 Å². The summed E-state index contributed by atoms with van der Waals surface area (Å²) < 4.78 is 10.0. The van der Waals surface area contributed by atoms with Crippen LogP contribution in [0.2, 0.25) is 0 Å². The van der Waals surface area contributed by atoms with Crippen molar-refractivity contribution in [1.82, 2.24) is 10.3 Å². The number of rotatable bonds is 6. The Kier molecular flexibility index (Phi) is 6.63. The lowest BCUT2D eigenvalue weighted by Gasteiger charge is -2.22. The number of ether oxygens (including phenoxy) is 2. The van der Waals surface area contributed by atoms with Crippen molar-refractivity contribution in [3.63, 3.8) is 0 Å². The minimum absolute atomic E-state index is 0.0239. The van der Waals surface area contributed by atoms with Crippen molar-refractivity contribution in [3.8, 4) is 0 Å². The highest BCUT2D eigenvalue weighted by Crippen LogP contribution is 2.12. The predicted octanol–water partition coefficient (Wildman–Crippen LogP) is 1.99. The number of nitro groups is 1. The molecule has 1 aromatic heterocycles. The first-order valence-corrected chi connectivity index (χ1v) is 7.38. The zero-order valence-corrected chi connectivity index (χ0v) is 14.1. The van der Waals surface area contributed by atoms with Gasteiger partial charge in [-0.3, -0.25) is 15.1 Å². The standard InChI is InChI=1S/C15H21N3O6/c1-5-23-13(19)12(17-14(20)24-15(2,3)4)8-10-6-7-11(9-16-10)18(21)22/h6-7,9,12H,5,8H2,1-4H3,(H,17,20)/t12-/m0/s1. The molecule has 0 radical (unpaired) electrons. The number of amides is 1. The first kappa shape index (κ1) is 19.3. The van der Waals surface area contributed by atoms with Crippen molar-refractivity contribution in [2.45, 2.75) is 45.8 Å². The number of nitrogens with zero attached hydrogens (tertiary/aromatic N) is 2. The van der Waals surface area contributed by atoms with Crippen LogP contribution >= 0.6 is 0 Å². The molecule has 0 aliphatic rings. The number of hydrogen-bond donors (Lipinski definition) is 1. The third kappa shape index (κ3) is 6.59. The molecule has 0 aliphatic carbocycles. The van der Waals surface area contributed by atoms with Crippen LogP contribution in [0.4, 0.5) is 10.5 Å². The summed E-state index contributed by atoms with van der Waals surface area (Å²) in [6.45, 7) is 6.89. The van der Waals surface area contributed by atoms with Crippen LogP contribution in [-0.4, -0.2) is 40.2 Å². The van der Waals surface area contributed by atoms with Crippen molar-refractivity contribution in [2.24, 2.45) is 0 Å². The largest absolute Gasteiger partial charge is 0.464 e. The Morgan fingerprint density at radius 3 is 2.50 bits per heavy atom. The molecule has 9 heteroatoms. The van der Waals surface area contributed by atoms with Gasteiger partial charge in [-0.1, -0.05) is 0 Å². The van der Waals surface area contributed by atoms with Gasteiger partial charge in [0.05, 0.1) is 11.5 Å². The highest BCUT2D eigenvalue weighted by atomic mass is 16.6. The van der Waals surface area contributed by atoms with E-state index in [0.717, 1.165) is 6.20 Å². The van der Waals surface area contributed by atoms with Crippen molar-refractivity contribution >= 4 is 17.7 Å². The second kappa shape index (κ2) is 8.23. The van der Waals surface area contributed by atoms with Crippen molar-refractivity contribution in [3.05, 3.63) is 34.1 Å². The number of hydrogen-bond acceptors (Lipinski definition) is 7. The fourth-order valence-electron chi connectivity index (χ4n) is 1.74. The van der Waals surface area contributed by atoms with Crippen LogP contribution in [0.25, 0.3) is 0 Å². The molecule has 0 bridgehead atoms. The van der Waals surface area contributed by atoms with Crippen LogP contribution in [0.3, 0.4) is 0 Å². The first-order valence-electron chi connectivity index (χ1n) is 7.38. The highest BCUT2D eigenvalue weighted by molar-refractivity contribution is 5.81. The fourth-order valence-corrected chi connectivity index (χ4v) is 1.74. The molecule has 0 unspecified atom stereocenters. The number of aromatic nitrogens is 1. The lowest BCUT2D eigenvalue weighted by Crippen LogP contribution is -2.45. The Labute approximate surface area is 139 Å². The van der Waals surface area contributed by atoms with E-state index in [1.165, 1.54) is 12.1 Å². The molecule has 1 atom stereocenters. The summed E-state index contributed by atoms with van der Waals surface area (Å²) in [6, 6.07) is 1.69. The number of carbonyl (C=O) groups excluding carboxylic acids is 2. The molecule has 24 heavy (non-hydrogen) atoms. The van der Waals surface area contributed by atoms with Gasteiger partial charge >= 0.3 is 12.1 Å². The van der Waals surface area contributed by atoms with Gasteiger partial charge in [-0.15, -0.1) is 0 Å². The number of nitrogens with one attached hydrogen (secondary N) is 1. The lowest BCUT2D eigenvalue weighted by molar-refractivity contribution is -0.385. The van der Waals surface area contributed by atoms with Crippen LogP contribution in [0.1, 0.15) is 33.4 Å². The third-order valence-corrected chi connectivity index (χ3v) is 2.70. The van der Waals surface area contributed by atoms with Crippen LogP contribution in [0.5, 0.6) is 0 Å². The molecule has 1 aromatic rings. The molecule has 0 aromatic carbocycles. The maximum Gasteiger partial charge on any atom is 0.408 e. The average Bonchev–Trinajstić information content (AvgIpc) is 2.45. The molecule has 1 heterocycles. The van der Waals surface area contributed by atoms with Gasteiger partial charge in [0.25, 0.3) is 5.69 Å². The van der Waals surface area contributed by atoms with Gasteiger partial charge in [0.15, 0.2) is 0 Å². The normalized spacial score (nSPS) is 12.2. The summed E-state index contributed by atoms with van der Waals surface area (Å²) >= 11 is 0. The summed E-state index contributed by atoms with van der Waals surface area (Å²) in [5.41, 5.74) is -0.476. The van der Waals surface area contributed by atoms with Gasteiger partial charge < -0.3 is 14.8 Å². The summed E-state index contributed by atoms with van der Waals surface area (Å²) in [5, 5.41) is 13.1. The van der Waals surface area contributed by atoms with E-state index in [4.69, 9.17) is 9.47 Å². The molecule has 0 saturated carbocycles. The van der Waals surface area contributed by atoms with E-state index < -0.39 is 28.6 Å². The Morgan fingerprint density at radius 2 is 2.04 bits per heavy atom. The molecule has 0 spiro atoms. The lowest BCUT2D eigenvalue weighted by atomic mass is 10.1. The second-order valence-electron chi connectivity index (χ2n) is 5.92. The maximum absolute atomic E-state index is 12.0. The highest BCUT2D eigenvalue weighted by Gasteiger charge is 2.26. The fraction of sp³-hybridized carbons (Fsp3) is 0.533. The molecule has 1 amide bonds. The van der Waals surface area contributed by atoms with Gasteiger partial charge in [0.2, 0.25) is 0 Å². The minimum Gasteiger partial charge on any atom is -0.464 e. The number of pyridine rings is 1. The Bertz CT molecular complexity index is 594. The second-order valence-corrected chi connectivity index (χ2v) is 5.92. The van der Waals surface area contributed by atoms with Crippen LogP contribution < -0.4 is 5.32 Å². The van der Waals surface area contributed by atoms with Crippen molar-refractivity contribution < 1.29 is 24.0 Å². The van der Waals surface area contributed by atoms with E-state index in [1.54, 1.807) is 27.7 Å². The molecule has 0 aliphatic heterocycles. The smallest absolute Gasteiger partial charge is 0.408 e. The number of alkyl carbamates (subject to hydrolysis) is 1. The number of esters is 1. The monoisotopic (exact) mass is 339 g/mol. The van der Waals surface area contributed by atoms with E-state index in [-0.39, 0.29) is 18.7 Å². The zero-order chi connectivity index (χ0) is 18.3. The van der Waals surface area contributed by atoms with E-state index in [9.17, 15) is 19.7 Å². The minimum atomic E-state index is -1.01. The molecule has 132 valence electrons. The Morgan fingerprint density at radius 1 is 1.38 bits per heavy atom. The van der Waals surface area contributed by atoms with E-state index in [0.29, 0.717) is 5.69 Å². The average molecular weight is 339 g/mol. The predicted molar refractivity (Wildman–Crippen MR) is 84.4 cm³/mol. The quantitative estimate of drug-likeness (QED) is 0.478. The SMILES string of the molecule is CCOC(=O)[C@H](Cc1ccc([N+](=O)[O-])cn1)NC(=O)OC(C)(C)C. The van der Waals surface area contributed by atoms with E-state index in [2.05, 4.69) is 10.3 Å². The summed E-state index contributed by atoms with van der Waals surface area (Å²) in [7, 11) is 0. The molecule has 0 saturated heterocycles. The summed E-state index contributed by atoms with van der Waals surface area (Å²) in [4.78, 5) is 37.8. The molecule has 1 N–H and O–H groups in total. The molecule has 0 fully saturated rings. The topological polar surface area (TPSA) is 121 Å². The van der Waals surface area contributed by atoms with Gasteiger partial charge in [-0.05, 0) is 33.8 Å². The maximum atomic E-state index is 12.0. The Balaban J connectivity index is 2.84. The summed E-state index contributed by atoms with van der Waals surface area (Å²) in [6.07, 6.45) is 0.351. The van der Waals surface area contributed by atoms with Crippen molar-refractivity contribution in [1.29, 1.82) is 0 Å². The van der Waals surface area contributed by atoms with Crippen LogP contribution in [0.15, 0.2) is 18.3 Å². The zero-order valence-electron chi connectivity index (χ0n) is 14.1. The number of carbonyl (C=O) groups is 2. The molecule has 1 rings (SSSR count). The molecule has 9 nitrogen and oxygen atoms in total. The van der Waals surface area contributed by atoms with Gasteiger partial charge in [-0.2, -0.15) is 0 Å². The van der Waals surface area contributed by atoms with E-state index in [1.807, 2.05) is 0 Å². The van der Waals surface area contributed by atoms with Gasteiger partial charge in [0, 0.05) is 18.2 Å². The van der Waals surface area contributed by atoms with Gasteiger partial charge in [0.1, 0.15) is 17.8 Å². The van der Waals surface area contributed by atoms with Crippen molar-refractivity contribution in [2.75, 3.05) is 6.61 Å². The van der Waals surface area contributed by atoms with Crippen LogP contribution in [-0.2, 0) is 20.7 Å². The van der Waals surface area contributed by atoms with Crippen LogP contribution in [0, 0.1) is 10.1 Å². The van der Waals surface area contributed by atoms with Gasteiger partial charge in [-0.25, -0.2) is 9.59 Å². The third-order valence-electron chi connectivity index (χ3n) is 2.70. The first-order chi connectivity index (χ1) is 11.1. The molecular weight excluding hydrogens is 318 g/mol.